The van der Waals surface area contributed by atoms with Gasteiger partial charge in [-0.1, -0.05) is 25.0 Å². The average Bonchev–Trinajstić information content (AvgIpc) is 2.97. The smallest absolute Gasteiger partial charge is 0.241 e. The zero-order valence-corrected chi connectivity index (χ0v) is 12.0. The van der Waals surface area contributed by atoms with Crippen molar-refractivity contribution in [1.29, 1.82) is 5.26 Å². The summed E-state index contributed by atoms with van der Waals surface area (Å²) in [6.45, 7) is 0.581. The largest absolute Gasteiger partial charge is 0.377 e. The van der Waals surface area contributed by atoms with E-state index in [-0.39, 0.29) is 23.1 Å². The van der Waals surface area contributed by atoms with Crippen molar-refractivity contribution in [1.82, 2.24) is 4.72 Å². The van der Waals surface area contributed by atoms with E-state index in [2.05, 4.69) is 4.72 Å². The molecule has 0 amide bonds. The summed E-state index contributed by atoms with van der Waals surface area (Å²) in [6.07, 6.45) is 4.76. The minimum atomic E-state index is -3.65. The van der Waals surface area contributed by atoms with Gasteiger partial charge in [0.2, 0.25) is 10.0 Å². The van der Waals surface area contributed by atoms with Gasteiger partial charge >= 0.3 is 0 Å². The lowest BCUT2D eigenvalue weighted by molar-refractivity contribution is 0.0626. The van der Waals surface area contributed by atoms with Crippen molar-refractivity contribution in [3.05, 3.63) is 29.8 Å². The van der Waals surface area contributed by atoms with Gasteiger partial charge in [-0.05, 0) is 25.0 Å². The molecule has 0 saturated heterocycles. The minimum Gasteiger partial charge on any atom is -0.377 e. The molecule has 0 radical (unpaired) electrons. The minimum absolute atomic E-state index is 0.0170. The Labute approximate surface area is 119 Å². The van der Waals surface area contributed by atoms with E-state index in [1.807, 2.05) is 6.07 Å². The van der Waals surface area contributed by atoms with Gasteiger partial charge in [-0.3, -0.25) is 0 Å². The number of hydrogen-bond donors (Lipinski definition) is 1. The molecule has 0 heterocycles. The summed E-state index contributed by atoms with van der Waals surface area (Å²) in [5, 5.41) is 8.93. The summed E-state index contributed by atoms with van der Waals surface area (Å²) >= 11 is 0. The number of sulfonamides is 1. The zero-order valence-electron chi connectivity index (χ0n) is 11.2. The van der Waals surface area contributed by atoms with Crippen LogP contribution in [-0.4, -0.2) is 27.7 Å². The molecule has 1 aromatic rings. The molecule has 0 atom stereocenters. The predicted octanol–water partition coefficient (Wildman–Crippen LogP) is 1.80. The van der Waals surface area contributed by atoms with Crippen molar-refractivity contribution in [2.45, 2.75) is 36.7 Å². The average molecular weight is 294 g/mol. The van der Waals surface area contributed by atoms with Gasteiger partial charge in [-0.15, -0.1) is 0 Å². The molecule has 1 fully saturated rings. The molecule has 0 aromatic heterocycles. The fraction of sp³-hybridized carbons (Fsp3) is 0.500. The standard InChI is InChI=1S/C14H18N2O3S/c15-11-12-5-1-4-8-14(12)20(17,18)16-9-10-19-13-6-2-3-7-13/h1,4-5,8,13,16H,2-3,6-7,9-10H2. The van der Waals surface area contributed by atoms with E-state index in [0.717, 1.165) is 12.8 Å². The summed E-state index contributed by atoms with van der Waals surface area (Å²) in [7, 11) is -3.65. The first kappa shape index (κ1) is 15.0. The Morgan fingerprint density at radius 1 is 1.30 bits per heavy atom. The first-order valence-electron chi connectivity index (χ1n) is 6.74. The van der Waals surface area contributed by atoms with Crippen LogP contribution in [0.1, 0.15) is 31.2 Å². The Morgan fingerprint density at radius 2 is 2.00 bits per heavy atom. The molecular weight excluding hydrogens is 276 g/mol. The second-order valence-electron chi connectivity index (χ2n) is 4.78. The van der Waals surface area contributed by atoms with Gasteiger partial charge in [-0.25, -0.2) is 13.1 Å². The molecule has 2 rings (SSSR count). The van der Waals surface area contributed by atoms with Gasteiger partial charge in [-0.2, -0.15) is 5.26 Å². The Bertz CT molecular complexity index is 587. The van der Waals surface area contributed by atoms with Crippen LogP contribution in [-0.2, 0) is 14.8 Å². The van der Waals surface area contributed by atoms with Crippen LogP contribution in [0, 0.1) is 11.3 Å². The number of nitrogens with zero attached hydrogens (tertiary/aromatic N) is 1. The van der Waals surface area contributed by atoms with E-state index in [9.17, 15) is 8.42 Å². The molecule has 1 aromatic carbocycles. The summed E-state index contributed by atoms with van der Waals surface area (Å²) in [6, 6.07) is 8.05. The number of ether oxygens (including phenoxy) is 1. The van der Waals surface area contributed by atoms with E-state index in [4.69, 9.17) is 10.00 Å². The zero-order chi connectivity index (χ0) is 14.4. The topological polar surface area (TPSA) is 79.2 Å². The molecule has 0 unspecified atom stereocenters. The van der Waals surface area contributed by atoms with Crippen LogP contribution < -0.4 is 4.72 Å². The van der Waals surface area contributed by atoms with E-state index < -0.39 is 10.0 Å². The number of nitriles is 1. The highest BCUT2D eigenvalue weighted by molar-refractivity contribution is 7.89. The van der Waals surface area contributed by atoms with Gasteiger partial charge < -0.3 is 4.74 Å². The summed E-state index contributed by atoms with van der Waals surface area (Å²) in [5.41, 5.74) is 0.150. The van der Waals surface area contributed by atoms with Crippen LogP contribution in [0.2, 0.25) is 0 Å². The van der Waals surface area contributed by atoms with Gasteiger partial charge in [0.05, 0.1) is 23.2 Å². The lowest BCUT2D eigenvalue weighted by atomic mass is 10.2. The molecule has 108 valence electrons. The third-order valence-corrected chi connectivity index (χ3v) is 4.87. The highest BCUT2D eigenvalue weighted by Gasteiger charge is 2.18. The van der Waals surface area contributed by atoms with Gasteiger partial charge in [0.1, 0.15) is 6.07 Å². The van der Waals surface area contributed by atoms with Crippen molar-refractivity contribution in [3.63, 3.8) is 0 Å². The van der Waals surface area contributed by atoms with E-state index in [0.29, 0.717) is 6.61 Å². The Hall–Kier alpha value is -1.42. The van der Waals surface area contributed by atoms with Crippen LogP contribution in [0.4, 0.5) is 0 Å². The summed E-state index contributed by atoms with van der Waals surface area (Å²) in [5.74, 6) is 0. The fourth-order valence-corrected chi connectivity index (χ4v) is 3.50. The third-order valence-electron chi connectivity index (χ3n) is 3.35. The highest BCUT2D eigenvalue weighted by atomic mass is 32.2. The van der Waals surface area contributed by atoms with Crippen molar-refractivity contribution >= 4 is 10.0 Å². The Morgan fingerprint density at radius 3 is 2.70 bits per heavy atom. The summed E-state index contributed by atoms with van der Waals surface area (Å²) < 4.78 is 32.2. The van der Waals surface area contributed by atoms with E-state index in [1.54, 1.807) is 12.1 Å². The second kappa shape index (κ2) is 6.84. The number of rotatable bonds is 6. The molecule has 0 spiro atoms. The summed E-state index contributed by atoms with van der Waals surface area (Å²) in [4.78, 5) is 0.0170. The maximum absolute atomic E-state index is 12.1. The van der Waals surface area contributed by atoms with Crippen LogP contribution in [0.3, 0.4) is 0 Å². The van der Waals surface area contributed by atoms with Crippen LogP contribution in [0.25, 0.3) is 0 Å². The van der Waals surface area contributed by atoms with Crippen LogP contribution in [0.15, 0.2) is 29.2 Å². The van der Waals surface area contributed by atoms with Crippen molar-refractivity contribution in [3.8, 4) is 6.07 Å². The quantitative estimate of drug-likeness (QED) is 0.811. The first-order valence-corrected chi connectivity index (χ1v) is 8.22. The fourth-order valence-electron chi connectivity index (χ4n) is 2.33. The molecule has 0 bridgehead atoms. The molecule has 6 heteroatoms. The SMILES string of the molecule is N#Cc1ccccc1S(=O)(=O)NCCOC1CCCC1. The second-order valence-corrected chi connectivity index (χ2v) is 6.52. The monoisotopic (exact) mass is 294 g/mol. The van der Waals surface area contributed by atoms with E-state index >= 15 is 0 Å². The predicted molar refractivity (Wildman–Crippen MR) is 74.6 cm³/mol. The molecule has 20 heavy (non-hydrogen) atoms. The van der Waals surface area contributed by atoms with Gasteiger partial charge in [0, 0.05) is 6.54 Å². The van der Waals surface area contributed by atoms with E-state index in [1.165, 1.54) is 25.0 Å². The normalized spacial score (nSPS) is 16.1. The van der Waals surface area contributed by atoms with Gasteiger partial charge in [0.15, 0.2) is 0 Å². The number of benzene rings is 1. The Balaban J connectivity index is 1.89. The van der Waals surface area contributed by atoms with Crippen molar-refractivity contribution in [2.24, 2.45) is 0 Å². The van der Waals surface area contributed by atoms with Crippen LogP contribution >= 0.6 is 0 Å². The molecule has 1 N–H and O–H groups in total. The maximum atomic E-state index is 12.1. The molecule has 1 saturated carbocycles. The molecule has 1 aliphatic rings. The highest BCUT2D eigenvalue weighted by Crippen LogP contribution is 2.20. The van der Waals surface area contributed by atoms with Crippen molar-refractivity contribution < 1.29 is 13.2 Å². The molecule has 5 nitrogen and oxygen atoms in total. The number of nitrogens with one attached hydrogen (secondary N) is 1. The van der Waals surface area contributed by atoms with Crippen LogP contribution in [0.5, 0.6) is 0 Å². The number of hydrogen-bond acceptors (Lipinski definition) is 4. The third kappa shape index (κ3) is 3.79. The Kier molecular flexibility index (Phi) is 5.12. The molecular formula is C14H18N2O3S. The van der Waals surface area contributed by atoms with Crippen molar-refractivity contribution in [2.75, 3.05) is 13.2 Å². The maximum Gasteiger partial charge on any atom is 0.241 e. The molecule has 1 aliphatic carbocycles. The lowest BCUT2D eigenvalue weighted by Gasteiger charge is -2.12. The first-order chi connectivity index (χ1) is 9.63. The lowest BCUT2D eigenvalue weighted by Crippen LogP contribution is -2.29. The van der Waals surface area contributed by atoms with Gasteiger partial charge in [0.25, 0.3) is 0 Å². The molecule has 0 aliphatic heterocycles.